The van der Waals surface area contributed by atoms with Gasteiger partial charge in [-0.1, -0.05) is 12.1 Å². The zero-order valence-electron chi connectivity index (χ0n) is 22.4. The van der Waals surface area contributed by atoms with Gasteiger partial charge in [0.25, 0.3) is 6.43 Å². The number of anilines is 2. The summed E-state index contributed by atoms with van der Waals surface area (Å²) < 4.78 is 58.7. The van der Waals surface area contributed by atoms with Gasteiger partial charge in [-0.25, -0.2) is 22.2 Å². The van der Waals surface area contributed by atoms with Crippen LogP contribution < -0.4 is 10.2 Å². The Kier molecular flexibility index (Phi) is 7.87. The maximum Gasteiger partial charge on any atom is 0.296 e. The van der Waals surface area contributed by atoms with E-state index in [2.05, 4.69) is 15.2 Å². The van der Waals surface area contributed by atoms with Gasteiger partial charge in [-0.05, 0) is 43.7 Å². The molecule has 3 aromatic rings. The van der Waals surface area contributed by atoms with Gasteiger partial charge in [0.2, 0.25) is 5.95 Å². The summed E-state index contributed by atoms with van der Waals surface area (Å²) in [6.07, 6.45) is 1.40. The predicted molar refractivity (Wildman–Crippen MR) is 149 cm³/mol. The number of hydrogen-bond donors (Lipinski definition) is 1. The summed E-state index contributed by atoms with van der Waals surface area (Å²) in [5.74, 6) is 2.04. The first-order valence-electron chi connectivity index (χ1n) is 14.0. The third-order valence-electron chi connectivity index (χ3n) is 8.29. The van der Waals surface area contributed by atoms with Crippen molar-refractivity contribution >= 4 is 32.6 Å². The molecule has 0 atom stereocenters. The SMILES string of the molecule is O=S1(=O)CCN(C2CCC(CNc3cc(-n4c(C(F)F)nc5ccccc54)nc(N4CCOCC4)n3)CC2)CC1. The lowest BCUT2D eigenvalue weighted by Crippen LogP contribution is -2.47. The minimum absolute atomic E-state index is 0.259. The fourth-order valence-electron chi connectivity index (χ4n) is 6.02. The number of sulfone groups is 1. The van der Waals surface area contributed by atoms with Crippen LogP contribution in [0.25, 0.3) is 16.9 Å². The van der Waals surface area contributed by atoms with Crippen LogP contribution in [0, 0.1) is 5.92 Å². The number of morpholine rings is 1. The number of halogens is 2. The standard InChI is InChI=1S/C27H35F2N7O3S/c28-25(29)26-31-21-3-1-2-4-22(21)36(26)24-17-23(32-27(33-24)35-9-13-39-14-10-35)30-18-19-5-7-20(8-6-19)34-11-15-40(37,38)16-12-34/h1-4,17,19-20,25H,5-16,18H2,(H,30,32,33). The Bertz CT molecular complexity index is 1420. The van der Waals surface area contributed by atoms with Crippen molar-refractivity contribution in [3.05, 3.63) is 36.2 Å². The van der Waals surface area contributed by atoms with Crippen LogP contribution in [-0.2, 0) is 14.6 Å². The van der Waals surface area contributed by atoms with Gasteiger partial charge in [0.1, 0.15) is 11.6 Å². The molecule has 1 aliphatic carbocycles. The maximum absolute atomic E-state index is 14.1. The Morgan fingerprint density at radius 2 is 1.70 bits per heavy atom. The topological polar surface area (TPSA) is 105 Å². The van der Waals surface area contributed by atoms with E-state index in [0.29, 0.717) is 86.5 Å². The van der Waals surface area contributed by atoms with Gasteiger partial charge in [0.05, 0.1) is 35.8 Å². The molecule has 1 saturated carbocycles. The van der Waals surface area contributed by atoms with Crippen LogP contribution >= 0.6 is 0 Å². The van der Waals surface area contributed by atoms with E-state index < -0.39 is 16.3 Å². The van der Waals surface area contributed by atoms with Gasteiger partial charge in [-0.3, -0.25) is 9.47 Å². The van der Waals surface area contributed by atoms with E-state index in [1.54, 1.807) is 30.3 Å². The van der Waals surface area contributed by atoms with Gasteiger partial charge in [0, 0.05) is 44.8 Å². The van der Waals surface area contributed by atoms with Crippen LogP contribution in [0.4, 0.5) is 20.5 Å². The second-order valence-electron chi connectivity index (χ2n) is 10.8. The van der Waals surface area contributed by atoms with Crippen LogP contribution in [0.2, 0.25) is 0 Å². The highest BCUT2D eigenvalue weighted by Crippen LogP contribution is 2.31. The molecule has 4 heterocycles. The lowest BCUT2D eigenvalue weighted by atomic mass is 9.85. The normalized spacial score (nSPS) is 24.0. The number of para-hydroxylation sites is 2. The summed E-state index contributed by atoms with van der Waals surface area (Å²) >= 11 is 0. The van der Waals surface area contributed by atoms with Crippen molar-refractivity contribution in [3.8, 4) is 5.82 Å². The van der Waals surface area contributed by atoms with E-state index in [9.17, 15) is 17.2 Å². The highest BCUT2D eigenvalue weighted by Gasteiger charge is 2.30. The molecule has 0 unspecified atom stereocenters. The van der Waals surface area contributed by atoms with Crippen molar-refractivity contribution in [2.75, 3.05) is 67.7 Å². The zero-order valence-corrected chi connectivity index (χ0v) is 23.2. The Hall–Kier alpha value is -2.90. The van der Waals surface area contributed by atoms with Crippen LogP contribution in [-0.4, -0.2) is 96.3 Å². The van der Waals surface area contributed by atoms with E-state index in [-0.39, 0.29) is 17.3 Å². The molecule has 1 aromatic carbocycles. The third kappa shape index (κ3) is 5.91. The van der Waals surface area contributed by atoms with Gasteiger partial charge in [-0.15, -0.1) is 0 Å². The first kappa shape index (κ1) is 27.3. The minimum atomic E-state index is -2.88. The quantitative estimate of drug-likeness (QED) is 0.454. The number of nitrogens with zero attached hydrogens (tertiary/aromatic N) is 6. The predicted octanol–water partition coefficient (Wildman–Crippen LogP) is 3.29. The number of nitrogens with one attached hydrogen (secondary N) is 1. The van der Waals surface area contributed by atoms with Crippen molar-refractivity contribution in [1.82, 2.24) is 24.4 Å². The van der Waals surface area contributed by atoms with Crippen molar-refractivity contribution < 1.29 is 21.9 Å². The Morgan fingerprint density at radius 3 is 2.42 bits per heavy atom. The summed E-state index contributed by atoms with van der Waals surface area (Å²) in [6.45, 7) is 4.33. The van der Waals surface area contributed by atoms with Gasteiger partial charge in [-0.2, -0.15) is 9.97 Å². The lowest BCUT2D eigenvalue weighted by Gasteiger charge is -2.38. The van der Waals surface area contributed by atoms with Gasteiger partial charge < -0.3 is 15.0 Å². The third-order valence-corrected chi connectivity index (χ3v) is 9.90. The molecule has 0 amide bonds. The van der Waals surface area contributed by atoms with E-state index in [0.717, 1.165) is 25.7 Å². The molecule has 10 nitrogen and oxygen atoms in total. The lowest BCUT2D eigenvalue weighted by molar-refractivity contribution is 0.122. The van der Waals surface area contributed by atoms with Gasteiger partial charge >= 0.3 is 0 Å². The Balaban J connectivity index is 1.20. The number of rotatable bonds is 7. The average Bonchev–Trinajstić information content (AvgIpc) is 3.37. The molecule has 1 N–H and O–H groups in total. The summed E-state index contributed by atoms with van der Waals surface area (Å²) in [7, 11) is -2.88. The molecule has 0 radical (unpaired) electrons. The number of alkyl halides is 2. The smallest absolute Gasteiger partial charge is 0.296 e. The second-order valence-corrected chi connectivity index (χ2v) is 13.2. The zero-order chi connectivity index (χ0) is 27.7. The first-order chi connectivity index (χ1) is 19.4. The molecule has 40 heavy (non-hydrogen) atoms. The Morgan fingerprint density at radius 1 is 0.975 bits per heavy atom. The molecule has 3 aliphatic rings. The minimum Gasteiger partial charge on any atom is -0.378 e. The molecule has 216 valence electrons. The van der Waals surface area contributed by atoms with E-state index >= 15 is 0 Å². The highest BCUT2D eigenvalue weighted by atomic mass is 32.2. The van der Waals surface area contributed by atoms with Gasteiger partial charge in [0.15, 0.2) is 15.7 Å². The first-order valence-corrected chi connectivity index (χ1v) is 15.8. The number of ether oxygens (including phenoxy) is 1. The molecule has 0 bridgehead atoms. The Labute approximate surface area is 232 Å². The molecule has 2 aromatic heterocycles. The second kappa shape index (κ2) is 11.5. The molecular weight excluding hydrogens is 540 g/mol. The van der Waals surface area contributed by atoms with Crippen molar-refractivity contribution in [1.29, 1.82) is 0 Å². The molecule has 2 aliphatic heterocycles. The van der Waals surface area contributed by atoms with Crippen molar-refractivity contribution in [3.63, 3.8) is 0 Å². The molecule has 3 fully saturated rings. The summed E-state index contributed by atoms with van der Waals surface area (Å²) in [5, 5.41) is 3.47. The van der Waals surface area contributed by atoms with Crippen LogP contribution in [0.3, 0.4) is 0 Å². The number of fused-ring (bicyclic) bond motifs is 1. The van der Waals surface area contributed by atoms with Crippen LogP contribution in [0.1, 0.15) is 37.9 Å². The number of aromatic nitrogens is 4. The number of hydrogen-bond acceptors (Lipinski definition) is 9. The molecule has 0 spiro atoms. The molecule has 2 saturated heterocycles. The summed E-state index contributed by atoms with van der Waals surface area (Å²) in [4.78, 5) is 18.0. The molecule has 13 heteroatoms. The van der Waals surface area contributed by atoms with Crippen LogP contribution in [0.15, 0.2) is 30.3 Å². The average molecular weight is 576 g/mol. The fourth-order valence-corrected chi connectivity index (χ4v) is 7.25. The van der Waals surface area contributed by atoms with Crippen LogP contribution in [0.5, 0.6) is 0 Å². The van der Waals surface area contributed by atoms with E-state index in [4.69, 9.17) is 14.7 Å². The van der Waals surface area contributed by atoms with E-state index in [1.807, 2.05) is 4.90 Å². The van der Waals surface area contributed by atoms with Crippen molar-refractivity contribution in [2.24, 2.45) is 5.92 Å². The number of imidazole rings is 1. The molecular formula is C27H35F2N7O3S. The van der Waals surface area contributed by atoms with E-state index in [1.165, 1.54) is 4.57 Å². The highest BCUT2D eigenvalue weighted by molar-refractivity contribution is 7.91. The molecule has 6 rings (SSSR count). The number of benzene rings is 1. The summed E-state index contributed by atoms with van der Waals surface area (Å²) in [6, 6.07) is 9.24. The largest absolute Gasteiger partial charge is 0.378 e. The fraction of sp³-hybridized carbons (Fsp3) is 0.593. The summed E-state index contributed by atoms with van der Waals surface area (Å²) in [5.41, 5.74) is 1.06. The monoisotopic (exact) mass is 575 g/mol. The van der Waals surface area contributed by atoms with Crippen molar-refractivity contribution in [2.45, 2.75) is 38.2 Å². The maximum atomic E-state index is 14.1.